The molecule has 2 aliphatic rings. The van der Waals surface area contributed by atoms with E-state index in [-0.39, 0.29) is 12.5 Å². The quantitative estimate of drug-likeness (QED) is 0.770. The maximum atomic E-state index is 12.6. The minimum atomic E-state index is -0.434. The number of carbonyl (C=O) groups excluding carboxylic acids is 3. The number of nitrogens with zero attached hydrogens (tertiary/aromatic N) is 2. The summed E-state index contributed by atoms with van der Waals surface area (Å²) in [7, 11) is 1.64. The van der Waals surface area contributed by atoms with Crippen molar-refractivity contribution in [3.8, 4) is 11.5 Å². The van der Waals surface area contributed by atoms with Gasteiger partial charge in [0.05, 0.1) is 11.1 Å². The van der Waals surface area contributed by atoms with Crippen molar-refractivity contribution in [3.05, 3.63) is 59.2 Å². The van der Waals surface area contributed by atoms with Crippen LogP contribution in [0.3, 0.4) is 0 Å². The minimum Gasteiger partial charge on any atom is -0.486 e. The molecule has 4 rings (SSSR count). The van der Waals surface area contributed by atoms with Crippen LogP contribution < -0.4 is 9.47 Å². The molecule has 2 aliphatic heterocycles. The first kappa shape index (κ1) is 17.1. The molecule has 2 aromatic carbocycles. The van der Waals surface area contributed by atoms with Crippen LogP contribution in [0.4, 0.5) is 0 Å². The van der Waals surface area contributed by atoms with Gasteiger partial charge >= 0.3 is 0 Å². The molecule has 0 bridgehead atoms. The van der Waals surface area contributed by atoms with Gasteiger partial charge in [0.25, 0.3) is 11.8 Å². The van der Waals surface area contributed by atoms with E-state index in [4.69, 9.17) is 9.47 Å². The molecular weight excluding hydrogens is 348 g/mol. The van der Waals surface area contributed by atoms with Gasteiger partial charge in [-0.05, 0) is 29.8 Å². The number of rotatable bonds is 4. The maximum Gasteiger partial charge on any atom is 0.262 e. The summed E-state index contributed by atoms with van der Waals surface area (Å²) in [5, 5.41) is 0. The average Bonchev–Trinajstić information content (AvgIpc) is 2.93. The van der Waals surface area contributed by atoms with Gasteiger partial charge in [0.15, 0.2) is 11.5 Å². The molecule has 0 aromatic heterocycles. The molecule has 7 nitrogen and oxygen atoms in total. The highest BCUT2D eigenvalue weighted by Crippen LogP contribution is 2.31. The standard InChI is InChI=1S/C20H18N2O5/c1-21(11-13-6-7-16-17(10-13)27-9-8-26-16)18(23)12-22-19(24)14-4-2-3-5-15(14)20(22)25/h2-7,10H,8-9,11-12H2,1H3. The number of imide groups is 1. The number of benzene rings is 2. The van der Waals surface area contributed by atoms with Crippen molar-refractivity contribution in [1.82, 2.24) is 9.80 Å². The number of hydrogen-bond donors (Lipinski definition) is 0. The topological polar surface area (TPSA) is 76.2 Å². The summed E-state index contributed by atoms with van der Waals surface area (Å²) in [6, 6.07) is 12.1. The SMILES string of the molecule is CN(Cc1ccc2c(c1)OCCO2)C(=O)CN1C(=O)c2ccccc2C1=O. The summed E-state index contributed by atoms with van der Waals surface area (Å²) in [5.74, 6) is 0.151. The number of fused-ring (bicyclic) bond motifs is 2. The zero-order valence-corrected chi connectivity index (χ0v) is 14.8. The summed E-state index contributed by atoms with van der Waals surface area (Å²) < 4.78 is 11.0. The molecule has 138 valence electrons. The van der Waals surface area contributed by atoms with Crippen LogP contribution in [0.5, 0.6) is 11.5 Å². The summed E-state index contributed by atoms with van der Waals surface area (Å²) in [6.07, 6.45) is 0. The van der Waals surface area contributed by atoms with E-state index in [1.807, 2.05) is 18.2 Å². The Bertz CT molecular complexity index is 905. The second-order valence-corrected chi connectivity index (χ2v) is 6.47. The molecule has 0 atom stereocenters. The lowest BCUT2D eigenvalue weighted by Gasteiger charge is -2.22. The lowest BCUT2D eigenvalue weighted by Crippen LogP contribution is -2.40. The fraction of sp³-hybridized carbons (Fsp3) is 0.250. The maximum absolute atomic E-state index is 12.6. The molecule has 0 aliphatic carbocycles. The Balaban J connectivity index is 1.43. The third-order valence-electron chi connectivity index (χ3n) is 4.62. The van der Waals surface area contributed by atoms with E-state index < -0.39 is 11.8 Å². The van der Waals surface area contributed by atoms with Gasteiger partial charge in [-0.15, -0.1) is 0 Å². The molecule has 0 N–H and O–H groups in total. The van der Waals surface area contributed by atoms with Crippen molar-refractivity contribution in [1.29, 1.82) is 0 Å². The van der Waals surface area contributed by atoms with Crippen LogP contribution in [0, 0.1) is 0 Å². The van der Waals surface area contributed by atoms with Crippen LogP contribution in [0.15, 0.2) is 42.5 Å². The minimum absolute atomic E-state index is 0.284. The van der Waals surface area contributed by atoms with Crippen molar-refractivity contribution in [3.63, 3.8) is 0 Å². The number of carbonyl (C=O) groups is 3. The number of ether oxygens (including phenoxy) is 2. The zero-order valence-electron chi connectivity index (χ0n) is 14.8. The monoisotopic (exact) mass is 366 g/mol. The predicted molar refractivity (Wildman–Crippen MR) is 95.7 cm³/mol. The largest absolute Gasteiger partial charge is 0.486 e. The molecule has 0 radical (unpaired) electrons. The molecule has 0 saturated heterocycles. The molecule has 2 heterocycles. The highest BCUT2D eigenvalue weighted by Gasteiger charge is 2.36. The normalized spacial score (nSPS) is 14.9. The van der Waals surface area contributed by atoms with Gasteiger partial charge in [-0.1, -0.05) is 18.2 Å². The van der Waals surface area contributed by atoms with Gasteiger partial charge < -0.3 is 14.4 Å². The molecule has 0 saturated carbocycles. The Morgan fingerprint density at radius 2 is 1.63 bits per heavy atom. The third kappa shape index (κ3) is 3.12. The van der Waals surface area contributed by atoms with Crippen LogP contribution in [0.25, 0.3) is 0 Å². The molecular formula is C20H18N2O5. The van der Waals surface area contributed by atoms with E-state index in [1.165, 1.54) is 4.90 Å². The Morgan fingerprint density at radius 1 is 1.00 bits per heavy atom. The second kappa shape index (κ2) is 6.75. The Morgan fingerprint density at radius 3 is 2.30 bits per heavy atom. The van der Waals surface area contributed by atoms with E-state index in [1.54, 1.807) is 31.3 Å². The van der Waals surface area contributed by atoms with E-state index in [0.29, 0.717) is 42.4 Å². The third-order valence-corrected chi connectivity index (χ3v) is 4.62. The van der Waals surface area contributed by atoms with Crippen molar-refractivity contribution in [2.75, 3.05) is 26.8 Å². The van der Waals surface area contributed by atoms with E-state index in [0.717, 1.165) is 10.5 Å². The Hall–Kier alpha value is -3.35. The zero-order chi connectivity index (χ0) is 19.0. The fourth-order valence-corrected chi connectivity index (χ4v) is 3.19. The van der Waals surface area contributed by atoms with E-state index in [2.05, 4.69) is 0 Å². The highest BCUT2D eigenvalue weighted by atomic mass is 16.6. The molecule has 0 spiro atoms. The van der Waals surface area contributed by atoms with Crippen molar-refractivity contribution in [2.45, 2.75) is 6.54 Å². The number of hydrogen-bond acceptors (Lipinski definition) is 5. The van der Waals surface area contributed by atoms with Crippen molar-refractivity contribution >= 4 is 17.7 Å². The van der Waals surface area contributed by atoms with Gasteiger partial charge in [0.1, 0.15) is 19.8 Å². The van der Waals surface area contributed by atoms with Crippen LogP contribution >= 0.6 is 0 Å². The van der Waals surface area contributed by atoms with Gasteiger partial charge in [-0.2, -0.15) is 0 Å². The first-order valence-corrected chi connectivity index (χ1v) is 8.62. The number of likely N-dealkylation sites (N-methyl/N-ethyl adjacent to an activating group) is 1. The van der Waals surface area contributed by atoms with Crippen LogP contribution in [0.1, 0.15) is 26.3 Å². The summed E-state index contributed by atoms with van der Waals surface area (Å²) >= 11 is 0. The Labute approximate surface area is 156 Å². The van der Waals surface area contributed by atoms with Gasteiger partial charge in [0.2, 0.25) is 5.91 Å². The number of amides is 3. The van der Waals surface area contributed by atoms with Crippen LogP contribution in [0.2, 0.25) is 0 Å². The molecule has 7 heteroatoms. The smallest absolute Gasteiger partial charge is 0.262 e. The average molecular weight is 366 g/mol. The summed E-state index contributed by atoms with van der Waals surface area (Å²) in [5.41, 5.74) is 1.55. The highest BCUT2D eigenvalue weighted by molar-refractivity contribution is 6.22. The predicted octanol–water partition coefficient (Wildman–Crippen LogP) is 1.71. The van der Waals surface area contributed by atoms with Gasteiger partial charge in [0, 0.05) is 13.6 Å². The van der Waals surface area contributed by atoms with Crippen LogP contribution in [-0.4, -0.2) is 54.3 Å². The molecule has 0 fully saturated rings. The first-order valence-electron chi connectivity index (χ1n) is 8.62. The summed E-state index contributed by atoms with van der Waals surface area (Å²) in [4.78, 5) is 39.8. The second-order valence-electron chi connectivity index (χ2n) is 6.47. The lowest BCUT2D eigenvalue weighted by molar-refractivity contribution is -0.130. The van der Waals surface area contributed by atoms with Crippen molar-refractivity contribution < 1.29 is 23.9 Å². The molecule has 27 heavy (non-hydrogen) atoms. The molecule has 3 amide bonds. The lowest BCUT2D eigenvalue weighted by atomic mass is 10.1. The first-order chi connectivity index (χ1) is 13.0. The van der Waals surface area contributed by atoms with E-state index >= 15 is 0 Å². The van der Waals surface area contributed by atoms with Gasteiger partial charge in [-0.3, -0.25) is 19.3 Å². The molecule has 2 aromatic rings. The van der Waals surface area contributed by atoms with Gasteiger partial charge in [-0.25, -0.2) is 0 Å². The van der Waals surface area contributed by atoms with Crippen LogP contribution in [-0.2, 0) is 11.3 Å². The van der Waals surface area contributed by atoms with E-state index in [9.17, 15) is 14.4 Å². The summed E-state index contributed by atoms with van der Waals surface area (Å²) in [6.45, 7) is 1.06. The fourth-order valence-electron chi connectivity index (χ4n) is 3.19. The molecule has 0 unspecified atom stereocenters. The van der Waals surface area contributed by atoms with Crippen molar-refractivity contribution in [2.24, 2.45) is 0 Å². The Kier molecular flexibility index (Phi) is 4.27.